The maximum absolute atomic E-state index is 10.1. The van der Waals surface area contributed by atoms with Crippen molar-refractivity contribution in [3.8, 4) is 0 Å². The Hall–Kier alpha value is -0.220. The van der Waals surface area contributed by atoms with Gasteiger partial charge in [-0.1, -0.05) is 26.0 Å². The molecule has 0 aliphatic rings. The molecule has 0 saturated heterocycles. The Morgan fingerprint density at radius 2 is 2.09 bits per heavy atom. The number of hydrogen-bond acceptors (Lipinski definition) is 3. The molecule has 66 valence electrons. The first-order valence-electron chi connectivity index (χ1n) is 3.70. The van der Waals surface area contributed by atoms with Gasteiger partial charge >= 0.3 is 5.30 Å². The van der Waals surface area contributed by atoms with Gasteiger partial charge in [-0.25, -0.2) is 4.79 Å². The number of rotatable bonds is 6. The quantitative estimate of drug-likeness (QED) is 0.383. The largest absolute Gasteiger partial charge is 0.455 e. The van der Waals surface area contributed by atoms with Gasteiger partial charge in [-0.05, 0) is 6.42 Å². The second-order valence-corrected chi connectivity index (χ2v) is 2.45. The first kappa shape index (κ1) is 10.8. The van der Waals surface area contributed by atoms with Crippen molar-refractivity contribution in [1.29, 1.82) is 0 Å². The normalized spacial score (nSPS) is 9.64. The minimum Gasteiger partial charge on any atom is -0.455 e. The summed E-state index contributed by atoms with van der Waals surface area (Å²) in [6, 6.07) is 0. The van der Waals surface area contributed by atoms with Crippen LogP contribution >= 0.6 is 12.6 Å². The SMILES string of the molecule is CCCCOCCOC(=O)S. The highest BCUT2D eigenvalue weighted by atomic mass is 32.1. The molecule has 0 aliphatic carbocycles. The van der Waals surface area contributed by atoms with Gasteiger partial charge in [0.15, 0.2) is 0 Å². The van der Waals surface area contributed by atoms with E-state index in [1.807, 2.05) is 0 Å². The highest BCUT2D eigenvalue weighted by Crippen LogP contribution is 1.89. The van der Waals surface area contributed by atoms with E-state index < -0.39 is 5.30 Å². The predicted octanol–water partition coefficient (Wildman–Crippen LogP) is 1.87. The number of ether oxygens (including phenoxy) is 2. The Balaban J connectivity index is 2.85. The first-order valence-corrected chi connectivity index (χ1v) is 4.15. The zero-order valence-electron chi connectivity index (χ0n) is 6.71. The van der Waals surface area contributed by atoms with Crippen LogP contribution in [0.25, 0.3) is 0 Å². The van der Waals surface area contributed by atoms with E-state index in [1.165, 1.54) is 0 Å². The Kier molecular flexibility index (Phi) is 7.72. The number of carbonyl (C=O) groups is 1. The van der Waals surface area contributed by atoms with Crippen molar-refractivity contribution in [1.82, 2.24) is 0 Å². The lowest BCUT2D eigenvalue weighted by Gasteiger charge is -2.02. The van der Waals surface area contributed by atoms with Gasteiger partial charge in [-0.2, -0.15) is 0 Å². The van der Waals surface area contributed by atoms with E-state index in [0.717, 1.165) is 19.4 Å². The summed E-state index contributed by atoms with van der Waals surface area (Å²) in [6.45, 7) is 3.59. The molecule has 0 amide bonds. The van der Waals surface area contributed by atoms with E-state index in [-0.39, 0.29) is 0 Å². The summed E-state index contributed by atoms with van der Waals surface area (Å²) in [5.74, 6) is 0. The lowest BCUT2D eigenvalue weighted by molar-refractivity contribution is 0.0814. The maximum atomic E-state index is 10.1. The summed E-state index contributed by atoms with van der Waals surface area (Å²) >= 11 is 3.42. The van der Waals surface area contributed by atoms with Crippen LogP contribution in [0.3, 0.4) is 0 Å². The number of thiol groups is 1. The van der Waals surface area contributed by atoms with Crippen LogP contribution in [-0.4, -0.2) is 25.1 Å². The average Bonchev–Trinajstić information content (AvgIpc) is 1.96. The minimum atomic E-state index is -0.552. The van der Waals surface area contributed by atoms with E-state index in [0.29, 0.717) is 13.2 Å². The second kappa shape index (κ2) is 7.88. The molecule has 0 radical (unpaired) electrons. The highest BCUT2D eigenvalue weighted by Gasteiger charge is 1.92. The van der Waals surface area contributed by atoms with Gasteiger partial charge in [-0.3, -0.25) is 0 Å². The molecule has 0 unspecified atom stereocenters. The zero-order chi connectivity index (χ0) is 8.53. The first-order chi connectivity index (χ1) is 5.27. The van der Waals surface area contributed by atoms with Crippen LogP contribution in [0.2, 0.25) is 0 Å². The summed E-state index contributed by atoms with van der Waals surface area (Å²) in [6.07, 6.45) is 2.17. The lowest BCUT2D eigenvalue weighted by Crippen LogP contribution is -2.06. The molecule has 0 rings (SSSR count). The zero-order valence-corrected chi connectivity index (χ0v) is 7.60. The standard InChI is InChI=1S/C7H14O3S/c1-2-3-4-9-5-6-10-7(8)11/h2-6H2,1H3,(H,8,11). The molecule has 0 fully saturated rings. The summed E-state index contributed by atoms with van der Waals surface area (Å²) in [4.78, 5) is 10.1. The molecule has 0 saturated carbocycles. The molecular formula is C7H14O3S. The summed E-state index contributed by atoms with van der Waals surface area (Å²) in [5.41, 5.74) is 0. The van der Waals surface area contributed by atoms with E-state index in [4.69, 9.17) is 4.74 Å². The monoisotopic (exact) mass is 178 g/mol. The topological polar surface area (TPSA) is 35.5 Å². The van der Waals surface area contributed by atoms with Crippen LogP contribution in [0.1, 0.15) is 19.8 Å². The van der Waals surface area contributed by atoms with E-state index in [2.05, 4.69) is 24.3 Å². The molecule has 0 bridgehead atoms. The second-order valence-electron chi connectivity index (χ2n) is 2.08. The van der Waals surface area contributed by atoms with Gasteiger partial charge in [0, 0.05) is 6.61 Å². The van der Waals surface area contributed by atoms with Crippen LogP contribution in [-0.2, 0) is 9.47 Å². The molecule has 0 aromatic rings. The molecule has 0 aromatic heterocycles. The van der Waals surface area contributed by atoms with Crippen molar-refractivity contribution in [3.05, 3.63) is 0 Å². The van der Waals surface area contributed by atoms with Crippen molar-refractivity contribution < 1.29 is 14.3 Å². The predicted molar refractivity (Wildman–Crippen MR) is 46.1 cm³/mol. The van der Waals surface area contributed by atoms with Crippen molar-refractivity contribution >= 4 is 17.9 Å². The molecule has 0 spiro atoms. The molecule has 0 aliphatic heterocycles. The van der Waals surface area contributed by atoms with Crippen LogP contribution in [0.4, 0.5) is 4.79 Å². The van der Waals surface area contributed by atoms with Gasteiger partial charge in [0.05, 0.1) is 6.61 Å². The molecule has 0 N–H and O–H groups in total. The van der Waals surface area contributed by atoms with Gasteiger partial charge in [0.1, 0.15) is 6.61 Å². The number of carbonyl (C=O) groups excluding carboxylic acids is 1. The third-order valence-corrected chi connectivity index (χ3v) is 1.22. The fraction of sp³-hybridized carbons (Fsp3) is 0.857. The highest BCUT2D eigenvalue weighted by molar-refractivity contribution is 7.96. The third-order valence-electron chi connectivity index (χ3n) is 1.10. The van der Waals surface area contributed by atoms with E-state index >= 15 is 0 Å². The van der Waals surface area contributed by atoms with Gasteiger partial charge in [-0.15, -0.1) is 0 Å². The van der Waals surface area contributed by atoms with Gasteiger partial charge < -0.3 is 9.47 Å². The average molecular weight is 178 g/mol. The third kappa shape index (κ3) is 9.78. The summed E-state index contributed by atoms with van der Waals surface area (Å²) < 4.78 is 9.64. The Morgan fingerprint density at radius 1 is 1.36 bits per heavy atom. The molecule has 0 heterocycles. The van der Waals surface area contributed by atoms with Gasteiger partial charge in [0.2, 0.25) is 0 Å². The maximum Gasteiger partial charge on any atom is 0.364 e. The molecule has 4 heteroatoms. The fourth-order valence-electron chi connectivity index (χ4n) is 0.536. The molecule has 3 nitrogen and oxygen atoms in total. The van der Waals surface area contributed by atoms with Crippen LogP contribution in [0, 0.1) is 0 Å². The van der Waals surface area contributed by atoms with Crippen LogP contribution in [0.15, 0.2) is 0 Å². The van der Waals surface area contributed by atoms with E-state index in [1.54, 1.807) is 0 Å². The van der Waals surface area contributed by atoms with Crippen molar-refractivity contribution in [3.63, 3.8) is 0 Å². The summed E-state index contributed by atoms with van der Waals surface area (Å²) in [5, 5.41) is -0.552. The molecule has 0 atom stereocenters. The smallest absolute Gasteiger partial charge is 0.364 e. The molecular weight excluding hydrogens is 164 g/mol. The molecule has 0 aromatic carbocycles. The van der Waals surface area contributed by atoms with Crippen molar-refractivity contribution in [2.45, 2.75) is 19.8 Å². The van der Waals surface area contributed by atoms with Crippen LogP contribution in [0.5, 0.6) is 0 Å². The Bertz CT molecular complexity index is 106. The number of unbranched alkanes of at least 4 members (excludes halogenated alkanes) is 1. The van der Waals surface area contributed by atoms with Crippen molar-refractivity contribution in [2.24, 2.45) is 0 Å². The van der Waals surface area contributed by atoms with Crippen LogP contribution < -0.4 is 0 Å². The minimum absolute atomic E-state index is 0.298. The van der Waals surface area contributed by atoms with Gasteiger partial charge in [0.25, 0.3) is 0 Å². The van der Waals surface area contributed by atoms with E-state index in [9.17, 15) is 4.79 Å². The number of hydrogen-bond donors (Lipinski definition) is 1. The van der Waals surface area contributed by atoms with Crippen molar-refractivity contribution in [2.75, 3.05) is 19.8 Å². The molecule has 11 heavy (non-hydrogen) atoms. The Labute approximate surface area is 72.5 Å². The lowest BCUT2D eigenvalue weighted by atomic mass is 10.4. The fourth-order valence-corrected chi connectivity index (χ4v) is 0.628. The summed E-state index contributed by atoms with van der Waals surface area (Å²) in [7, 11) is 0. The Morgan fingerprint density at radius 3 is 2.64 bits per heavy atom.